The molecule has 0 aromatic heterocycles. The van der Waals surface area contributed by atoms with Gasteiger partial charge in [0.15, 0.2) is 0 Å². The van der Waals surface area contributed by atoms with Gasteiger partial charge in [-0.05, 0) is 31.6 Å². The first-order valence-electron chi connectivity index (χ1n) is 5.60. The topological polar surface area (TPSA) is 55.2 Å². The van der Waals surface area contributed by atoms with E-state index in [1.165, 1.54) is 12.8 Å². The summed E-state index contributed by atoms with van der Waals surface area (Å²) in [6.45, 7) is 2.85. The van der Waals surface area contributed by atoms with Crippen LogP contribution in [0, 0.1) is 17.0 Å². The van der Waals surface area contributed by atoms with Crippen LogP contribution < -0.4 is 5.32 Å². The van der Waals surface area contributed by atoms with E-state index in [9.17, 15) is 10.1 Å². The Morgan fingerprint density at radius 1 is 1.53 bits per heavy atom. The SMILES string of the molecule is CSC1(CNc2cc([N+](=O)[O-])ccc2C)CC1. The minimum Gasteiger partial charge on any atom is -0.383 e. The predicted octanol–water partition coefficient (Wildman–Crippen LogP) is 3.21. The number of nitrogens with zero attached hydrogens (tertiary/aromatic N) is 1. The van der Waals surface area contributed by atoms with E-state index in [-0.39, 0.29) is 10.6 Å². The summed E-state index contributed by atoms with van der Waals surface area (Å²) in [5.41, 5.74) is 2.07. The minimum atomic E-state index is -0.355. The van der Waals surface area contributed by atoms with Crippen molar-refractivity contribution < 1.29 is 4.92 Å². The number of non-ortho nitro benzene ring substituents is 1. The second kappa shape index (κ2) is 4.56. The number of nitrogens with one attached hydrogen (secondary N) is 1. The quantitative estimate of drug-likeness (QED) is 0.645. The van der Waals surface area contributed by atoms with Crippen molar-refractivity contribution in [1.29, 1.82) is 0 Å². The average molecular weight is 252 g/mol. The van der Waals surface area contributed by atoms with Crippen molar-refractivity contribution in [3.05, 3.63) is 33.9 Å². The lowest BCUT2D eigenvalue weighted by atomic mass is 10.2. The fraction of sp³-hybridized carbons (Fsp3) is 0.500. The van der Waals surface area contributed by atoms with Crippen LogP contribution in [0.2, 0.25) is 0 Å². The maximum atomic E-state index is 10.7. The molecule has 4 nitrogen and oxygen atoms in total. The zero-order valence-electron chi connectivity index (χ0n) is 10.0. The first-order valence-corrected chi connectivity index (χ1v) is 6.83. The molecule has 0 saturated heterocycles. The lowest BCUT2D eigenvalue weighted by Gasteiger charge is -2.15. The predicted molar refractivity (Wildman–Crippen MR) is 71.8 cm³/mol. The van der Waals surface area contributed by atoms with Crippen LogP contribution in [0.25, 0.3) is 0 Å². The summed E-state index contributed by atoms with van der Waals surface area (Å²) < 4.78 is 0.358. The van der Waals surface area contributed by atoms with Crippen LogP contribution in [0.1, 0.15) is 18.4 Å². The van der Waals surface area contributed by atoms with Gasteiger partial charge in [0.05, 0.1) is 4.92 Å². The Morgan fingerprint density at radius 2 is 2.24 bits per heavy atom. The molecule has 1 saturated carbocycles. The van der Waals surface area contributed by atoms with Gasteiger partial charge in [0.2, 0.25) is 0 Å². The second-order valence-electron chi connectivity index (χ2n) is 4.50. The van der Waals surface area contributed by atoms with Crippen LogP contribution in [0.15, 0.2) is 18.2 Å². The molecule has 0 spiro atoms. The third-order valence-electron chi connectivity index (χ3n) is 3.27. The van der Waals surface area contributed by atoms with Crippen LogP contribution in [0.4, 0.5) is 11.4 Å². The molecule has 2 rings (SSSR count). The summed E-state index contributed by atoms with van der Waals surface area (Å²) in [7, 11) is 0. The number of thioether (sulfide) groups is 1. The average Bonchev–Trinajstić information content (AvgIpc) is 3.08. The summed E-state index contributed by atoms with van der Waals surface area (Å²) in [4.78, 5) is 10.4. The molecule has 1 fully saturated rings. The first-order chi connectivity index (χ1) is 8.06. The number of aryl methyl sites for hydroxylation is 1. The van der Waals surface area contributed by atoms with Crippen LogP contribution in [-0.2, 0) is 0 Å². The molecule has 17 heavy (non-hydrogen) atoms. The molecule has 0 aliphatic heterocycles. The van der Waals surface area contributed by atoms with Crippen LogP contribution in [0.3, 0.4) is 0 Å². The Balaban J connectivity index is 2.09. The molecule has 1 N–H and O–H groups in total. The molecule has 0 bridgehead atoms. The smallest absolute Gasteiger partial charge is 0.271 e. The summed E-state index contributed by atoms with van der Waals surface area (Å²) in [6.07, 6.45) is 4.58. The number of hydrogen-bond donors (Lipinski definition) is 1. The number of nitro groups is 1. The number of anilines is 1. The van der Waals surface area contributed by atoms with Gasteiger partial charge in [0.25, 0.3) is 5.69 Å². The highest BCUT2D eigenvalue weighted by atomic mass is 32.2. The van der Waals surface area contributed by atoms with E-state index in [0.717, 1.165) is 17.8 Å². The summed E-state index contributed by atoms with van der Waals surface area (Å²) in [5, 5.41) is 14.0. The van der Waals surface area contributed by atoms with E-state index in [1.807, 2.05) is 18.7 Å². The number of rotatable bonds is 5. The van der Waals surface area contributed by atoms with Gasteiger partial charge in [0.1, 0.15) is 0 Å². The summed E-state index contributed by atoms with van der Waals surface area (Å²) >= 11 is 1.88. The molecule has 0 amide bonds. The zero-order chi connectivity index (χ0) is 12.5. The fourth-order valence-electron chi connectivity index (χ4n) is 1.76. The van der Waals surface area contributed by atoms with Crippen molar-refractivity contribution in [2.75, 3.05) is 18.1 Å². The molecule has 5 heteroatoms. The highest BCUT2D eigenvalue weighted by Gasteiger charge is 2.41. The highest BCUT2D eigenvalue weighted by molar-refractivity contribution is 8.00. The van der Waals surface area contributed by atoms with E-state index in [4.69, 9.17) is 0 Å². The number of nitro benzene ring substituents is 1. The number of benzene rings is 1. The Kier molecular flexibility index (Phi) is 3.28. The Bertz CT molecular complexity index is 444. The van der Waals surface area contributed by atoms with Gasteiger partial charge in [-0.3, -0.25) is 10.1 Å². The van der Waals surface area contributed by atoms with E-state index in [1.54, 1.807) is 18.2 Å². The minimum absolute atomic E-state index is 0.145. The van der Waals surface area contributed by atoms with Gasteiger partial charge in [-0.15, -0.1) is 0 Å². The zero-order valence-corrected chi connectivity index (χ0v) is 10.8. The first kappa shape index (κ1) is 12.2. The van der Waals surface area contributed by atoms with Crippen molar-refractivity contribution in [2.24, 2.45) is 0 Å². The fourth-order valence-corrected chi connectivity index (χ4v) is 2.49. The Hall–Kier alpha value is -1.23. The van der Waals surface area contributed by atoms with Crippen molar-refractivity contribution in [2.45, 2.75) is 24.5 Å². The highest BCUT2D eigenvalue weighted by Crippen LogP contribution is 2.47. The molecule has 1 aromatic carbocycles. The van der Waals surface area contributed by atoms with Crippen molar-refractivity contribution >= 4 is 23.1 Å². The van der Waals surface area contributed by atoms with Crippen molar-refractivity contribution in [3.63, 3.8) is 0 Å². The van der Waals surface area contributed by atoms with Crippen LogP contribution in [-0.4, -0.2) is 22.5 Å². The van der Waals surface area contributed by atoms with Gasteiger partial charge in [-0.1, -0.05) is 6.07 Å². The molecule has 1 aliphatic carbocycles. The summed E-state index contributed by atoms with van der Waals surface area (Å²) in [5.74, 6) is 0. The standard InChI is InChI=1S/C12H16N2O2S/c1-9-3-4-10(14(15)16)7-11(9)13-8-12(17-2)5-6-12/h3-4,7,13H,5-6,8H2,1-2H3. The van der Waals surface area contributed by atoms with Gasteiger partial charge in [-0.2, -0.15) is 11.8 Å². The maximum Gasteiger partial charge on any atom is 0.271 e. The second-order valence-corrected chi connectivity index (χ2v) is 5.77. The molecule has 92 valence electrons. The molecule has 1 aliphatic rings. The van der Waals surface area contributed by atoms with Gasteiger partial charge in [-0.25, -0.2) is 0 Å². The third-order valence-corrected chi connectivity index (χ3v) is 4.69. The lowest BCUT2D eigenvalue weighted by molar-refractivity contribution is -0.384. The molecule has 0 atom stereocenters. The molecular weight excluding hydrogens is 236 g/mol. The van der Waals surface area contributed by atoms with E-state index < -0.39 is 0 Å². The van der Waals surface area contributed by atoms with Crippen LogP contribution in [0.5, 0.6) is 0 Å². The van der Waals surface area contributed by atoms with Gasteiger partial charge < -0.3 is 5.32 Å². The molecule has 0 unspecified atom stereocenters. The molecule has 1 aromatic rings. The largest absolute Gasteiger partial charge is 0.383 e. The lowest BCUT2D eigenvalue weighted by Crippen LogP contribution is -2.17. The monoisotopic (exact) mass is 252 g/mol. The van der Waals surface area contributed by atoms with E-state index in [2.05, 4.69) is 11.6 Å². The third kappa shape index (κ3) is 2.72. The van der Waals surface area contributed by atoms with Crippen molar-refractivity contribution in [1.82, 2.24) is 0 Å². The Labute approximate surface area is 105 Å². The Morgan fingerprint density at radius 3 is 2.76 bits per heavy atom. The van der Waals surface area contributed by atoms with E-state index in [0.29, 0.717) is 4.75 Å². The number of hydrogen-bond acceptors (Lipinski definition) is 4. The van der Waals surface area contributed by atoms with Gasteiger partial charge in [0, 0.05) is 29.1 Å². The summed E-state index contributed by atoms with van der Waals surface area (Å²) in [6, 6.07) is 4.95. The van der Waals surface area contributed by atoms with Crippen LogP contribution >= 0.6 is 11.8 Å². The molecular formula is C12H16N2O2S. The van der Waals surface area contributed by atoms with E-state index >= 15 is 0 Å². The normalized spacial score (nSPS) is 16.6. The maximum absolute atomic E-state index is 10.7. The van der Waals surface area contributed by atoms with Crippen molar-refractivity contribution in [3.8, 4) is 0 Å². The van der Waals surface area contributed by atoms with Gasteiger partial charge >= 0.3 is 0 Å². The molecule has 0 heterocycles. The molecule has 0 radical (unpaired) electrons.